The number of amides is 5. The molecule has 0 fully saturated rings. The van der Waals surface area contributed by atoms with Crippen LogP contribution in [-0.4, -0.2) is 112 Å². The molecule has 17 heteroatoms. The summed E-state index contributed by atoms with van der Waals surface area (Å²) >= 11 is 1.26. The second-order valence-corrected chi connectivity index (χ2v) is 18.1. The predicted octanol–water partition coefficient (Wildman–Crippen LogP) is 6.11. The molecule has 0 aromatic carbocycles. The van der Waals surface area contributed by atoms with Crippen molar-refractivity contribution in [1.82, 2.24) is 21.3 Å². The number of carbonyl (C=O) groups excluding carboxylic acids is 6. The minimum absolute atomic E-state index is 0.0600. The number of nitrogens with two attached hydrogens (primary N) is 1. The van der Waals surface area contributed by atoms with E-state index in [1.54, 1.807) is 0 Å². The Labute approximate surface area is 388 Å². The lowest BCUT2D eigenvalue weighted by atomic mass is 10.0. The molecule has 0 rings (SSSR count). The average Bonchev–Trinajstić information content (AvgIpc) is 3.26. The fraction of sp³-hybridized carbons (Fsp3) is 0.851. The number of carboxylic acid groups (broad SMARTS) is 1. The Morgan fingerprint density at radius 1 is 0.500 bits per heavy atom. The first-order valence-electron chi connectivity index (χ1n) is 24.6. The monoisotopic (exact) mass is 930 g/mol. The molecule has 0 aromatic heterocycles. The molecule has 372 valence electrons. The van der Waals surface area contributed by atoms with E-state index in [-0.39, 0.29) is 30.7 Å². The second-order valence-electron chi connectivity index (χ2n) is 17.0. The third kappa shape index (κ3) is 34.9. The van der Waals surface area contributed by atoms with Gasteiger partial charge < -0.3 is 47.1 Å². The van der Waals surface area contributed by atoms with E-state index in [0.717, 1.165) is 44.9 Å². The summed E-state index contributed by atoms with van der Waals surface area (Å²) in [5, 5.41) is 38.3. The Morgan fingerprint density at radius 3 is 1.23 bits per heavy atom. The van der Waals surface area contributed by atoms with Crippen molar-refractivity contribution in [2.24, 2.45) is 5.73 Å². The summed E-state index contributed by atoms with van der Waals surface area (Å²) in [6.45, 7) is 2.66. The Bertz CT molecular complexity index is 1280. The van der Waals surface area contributed by atoms with E-state index < -0.39 is 73.4 Å². The molecule has 0 aliphatic carbocycles. The molecule has 16 nitrogen and oxygen atoms in total. The van der Waals surface area contributed by atoms with E-state index in [0.29, 0.717) is 18.6 Å². The number of hydrogen-bond donors (Lipinski definition) is 8. The van der Waals surface area contributed by atoms with Gasteiger partial charge in [-0.15, -0.1) is 0 Å². The highest BCUT2D eigenvalue weighted by molar-refractivity contribution is 7.99. The summed E-state index contributed by atoms with van der Waals surface area (Å²) in [6.07, 6.45) is 30.5. The molecule has 0 saturated carbocycles. The second kappa shape index (κ2) is 42.2. The highest BCUT2D eigenvalue weighted by atomic mass is 32.2. The van der Waals surface area contributed by atoms with Crippen LogP contribution in [0.25, 0.3) is 0 Å². The van der Waals surface area contributed by atoms with Gasteiger partial charge >= 0.3 is 11.9 Å². The van der Waals surface area contributed by atoms with Crippen molar-refractivity contribution >= 4 is 53.2 Å². The number of unbranched alkanes of at least 4 members (excludes halogenated alkanes) is 24. The molecule has 0 aliphatic heterocycles. The van der Waals surface area contributed by atoms with E-state index in [2.05, 4.69) is 29.8 Å². The van der Waals surface area contributed by atoms with Crippen LogP contribution in [0.15, 0.2) is 0 Å². The quantitative estimate of drug-likeness (QED) is 0.0254. The van der Waals surface area contributed by atoms with Crippen molar-refractivity contribution < 1.29 is 53.6 Å². The van der Waals surface area contributed by atoms with Gasteiger partial charge in [-0.05, 0) is 12.8 Å². The number of thioether (sulfide) groups is 1. The third-order valence-corrected chi connectivity index (χ3v) is 12.1. The van der Waals surface area contributed by atoms with Crippen molar-refractivity contribution in [3.8, 4) is 0 Å². The molecule has 0 heterocycles. The highest BCUT2D eigenvalue weighted by Gasteiger charge is 2.31. The smallest absolute Gasteiger partial charge is 0.326 e. The number of aliphatic hydroxyl groups is 2. The summed E-state index contributed by atoms with van der Waals surface area (Å²) in [6, 6.07) is -6.18. The van der Waals surface area contributed by atoms with Gasteiger partial charge in [0.1, 0.15) is 30.8 Å². The van der Waals surface area contributed by atoms with E-state index in [1.807, 2.05) is 5.32 Å². The van der Waals surface area contributed by atoms with Crippen LogP contribution in [0.2, 0.25) is 0 Å². The number of ether oxygens (including phenoxy) is 1. The summed E-state index contributed by atoms with van der Waals surface area (Å²) < 4.78 is 5.40. The molecule has 0 spiro atoms. The number of nitrogens with one attached hydrogen (secondary N) is 4. The van der Waals surface area contributed by atoms with Crippen molar-refractivity contribution in [1.29, 1.82) is 0 Å². The van der Waals surface area contributed by atoms with Gasteiger partial charge in [0.05, 0.1) is 19.6 Å². The fourth-order valence-corrected chi connectivity index (χ4v) is 7.97. The molecule has 4 atom stereocenters. The summed E-state index contributed by atoms with van der Waals surface area (Å²) in [5.41, 5.74) is 5.05. The van der Waals surface area contributed by atoms with Gasteiger partial charge in [-0.25, -0.2) is 4.79 Å². The average molecular weight is 930 g/mol. The van der Waals surface area contributed by atoms with Crippen molar-refractivity contribution in [2.45, 2.75) is 224 Å². The standard InChI is InChI=1S/C47H87N5O11S/c1-3-5-7-9-11-13-15-17-19-21-23-25-27-29-42(56)49-40(36-64-32-31-63-43(57)30-28-26-24-22-20-18-16-14-12-10-8-6-4-2)46(60)52-39(35-54)45(59)51-38(34-53)44(58)50-37(47(61)62)33-41(48)55/h37-40,53-54H,3-36H2,1-2H3,(H2,48,55)(H,49,56)(H,50,58)(H,51,59)(H,52,60)(H,61,62)/t37-,38-,39-,40-/m0/s1. The number of rotatable bonds is 45. The Kier molecular flexibility index (Phi) is 39.9. The zero-order valence-corrected chi connectivity index (χ0v) is 40.3. The molecule has 9 N–H and O–H groups in total. The maximum Gasteiger partial charge on any atom is 0.326 e. The van der Waals surface area contributed by atoms with Gasteiger partial charge in [-0.1, -0.05) is 168 Å². The van der Waals surface area contributed by atoms with Gasteiger partial charge in [0.2, 0.25) is 29.5 Å². The summed E-state index contributed by atoms with van der Waals surface area (Å²) in [5.74, 6) is -5.85. The topological polar surface area (TPSA) is 264 Å². The number of esters is 1. The fourth-order valence-electron chi connectivity index (χ4n) is 7.13. The summed E-state index contributed by atoms with van der Waals surface area (Å²) in [7, 11) is 0. The van der Waals surface area contributed by atoms with Crippen LogP contribution in [0.5, 0.6) is 0 Å². The molecule has 0 unspecified atom stereocenters. The number of aliphatic hydroxyl groups excluding tert-OH is 2. The van der Waals surface area contributed by atoms with Gasteiger partial charge in [-0.3, -0.25) is 28.8 Å². The van der Waals surface area contributed by atoms with E-state index in [1.165, 1.54) is 127 Å². The van der Waals surface area contributed by atoms with Crippen LogP contribution in [0, 0.1) is 0 Å². The highest BCUT2D eigenvalue weighted by Crippen LogP contribution is 2.15. The van der Waals surface area contributed by atoms with E-state index >= 15 is 0 Å². The first-order valence-corrected chi connectivity index (χ1v) is 25.7. The van der Waals surface area contributed by atoms with Gasteiger partial charge in [0.15, 0.2) is 0 Å². The number of aliphatic carboxylic acids is 1. The largest absolute Gasteiger partial charge is 0.480 e. The SMILES string of the molecule is CCCCCCCCCCCCCCCC(=O)N[C@@H](CSCCOC(=O)CCCCCCCCCCCCCCC)C(=O)N[C@@H](CO)C(=O)N[C@@H](CO)C(=O)N[C@@H](CC(N)=O)C(=O)O. The molecule has 0 aliphatic rings. The number of hydrogen-bond acceptors (Lipinski definition) is 11. The molecular weight excluding hydrogens is 843 g/mol. The Morgan fingerprint density at radius 2 is 0.859 bits per heavy atom. The number of carbonyl (C=O) groups is 7. The van der Waals surface area contributed by atoms with Crippen molar-refractivity contribution in [3.05, 3.63) is 0 Å². The predicted molar refractivity (Wildman–Crippen MR) is 252 cm³/mol. The Hall–Kier alpha value is -3.44. The zero-order valence-electron chi connectivity index (χ0n) is 39.4. The molecule has 0 bridgehead atoms. The van der Waals surface area contributed by atoms with Gasteiger partial charge in [0.25, 0.3) is 0 Å². The lowest BCUT2D eigenvalue weighted by Gasteiger charge is -2.24. The maximum atomic E-state index is 13.5. The van der Waals surface area contributed by atoms with Crippen molar-refractivity contribution in [2.75, 3.05) is 31.3 Å². The molecule has 64 heavy (non-hydrogen) atoms. The van der Waals surface area contributed by atoms with Crippen LogP contribution in [-0.2, 0) is 38.3 Å². The first-order chi connectivity index (χ1) is 30.9. The van der Waals surface area contributed by atoms with Crippen LogP contribution >= 0.6 is 11.8 Å². The molecule has 0 radical (unpaired) electrons. The van der Waals surface area contributed by atoms with Crippen molar-refractivity contribution in [3.63, 3.8) is 0 Å². The number of primary amides is 1. The van der Waals surface area contributed by atoms with Crippen LogP contribution in [0.1, 0.15) is 200 Å². The molecule has 0 aromatic rings. The van der Waals surface area contributed by atoms with Gasteiger partial charge in [0, 0.05) is 24.3 Å². The zero-order chi connectivity index (χ0) is 47.6. The number of carboxylic acids is 1. The minimum Gasteiger partial charge on any atom is -0.480 e. The van der Waals surface area contributed by atoms with E-state index in [4.69, 9.17) is 10.5 Å². The van der Waals surface area contributed by atoms with Crippen LogP contribution in [0.4, 0.5) is 0 Å². The summed E-state index contributed by atoms with van der Waals surface area (Å²) in [4.78, 5) is 87.2. The lowest BCUT2D eigenvalue weighted by Crippen LogP contribution is -2.60. The van der Waals surface area contributed by atoms with Crippen LogP contribution in [0.3, 0.4) is 0 Å². The first kappa shape index (κ1) is 60.6. The van der Waals surface area contributed by atoms with Gasteiger partial charge in [-0.2, -0.15) is 11.8 Å². The molecule has 5 amide bonds. The lowest BCUT2D eigenvalue weighted by molar-refractivity contribution is -0.144. The maximum absolute atomic E-state index is 13.5. The normalized spacial score (nSPS) is 13.0. The third-order valence-electron chi connectivity index (χ3n) is 11.1. The van der Waals surface area contributed by atoms with Crippen LogP contribution < -0.4 is 27.0 Å². The molecule has 0 saturated heterocycles. The van der Waals surface area contributed by atoms with E-state index in [9.17, 15) is 48.9 Å². The minimum atomic E-state index is -1.72. The molecular formula is C47H87N5O11S. The Balaban J connectivity index is 5.01.